The van der Waals surface area contributed by atoms with Crippen molar-refractivity contribution in [3.63, 3.8) is 0 Å². The molecule has 5 heteroatoms. The molecule has 5 aromatic rings. The highest BCUT2D eigenvalue weighted by Gasteiger charge is 2.45. The molecule has 0 unspecified atom stereocenters. The number of aryl methyl sites for hydroxylation is 2. The minimum Gasteiger partial charge on any atom is -1.00 e. The van der Waals surface area contributed by atoms with Gasteiger partial charge in [0.1, 0.15) is 29.2 Å². The molecule has 1 heterocycles. The highest BCUT2D eigenvalue weighted by atomic mass is 35.5. The molecule has 3 nitrogen and oxygen atoms in total. The summed E-state index contributed by atoms with van der Waals surface area (Å²) >= 11 is 0. The molecule has 226 valence electrons. The van der Waals surface area contributed by atoms with Crippen LogP contribution in [0.4, 0.5) is 0 Å². The lowest BCUT2D eigenvalue weighted by Gasteiger charge is -2.27. The molecule has 0 aliphatic carbocycles. The van der Waals surface area contributed by atoms with E-state index < -0.39 is 13.2 Å². The van der Waals surface area contributed by atoms with Crippen LogP contribution in [0.1, 0.15) is 28.7 Å². The standard InChI is InChI=1S/C26H24P.C13H17NO2.ClH/c1-22-17-19-23(20-18-22)21-27(24-11-5-2-6-12-24,25-13-7-3-8-14-25)26-15-9-4-10-16-26;1-9-2-4-10(5-3-9)6-11-7-12(13(15)16)14-8-11;/h2-20H,21H2,1H3;2-5,11-12,14H,6-8H2,1H3,(H,15,16);1H/q+1;;/p-1/t;11-,12-;/m.0./s1. The summed E-state index contributed by atoms with van der Waals surface area (Å²) in [6.07, 6.45) is 2.74. The lowest BCUT2D eigenvalue weighted by atomic mass is 9.96. The Hall–Kier alpha value is -3.75. The van der Waals surface area contributed by atoms with Crippen LogP contribution in [0.25, 0.3) is 0 Å². The van der Waals surface area contributed by atoms with Gasteiger partial charge in [-0.25, -0.2) is 0 Å². The monoisotopic (exact) mass is 621 g/mol. The van der Waals surface area contributed by atoms with Crippen LogP contribution in [0.2, 0.25) is 0 Å². The minimum absolute atomic E-state index is 0. The lowest BCUT2D eigenvalue weighted by Crippen LogP contribution is -3.00. The maximum Gasteiger partial charge on any atom is 0.320 e. The third-order valence-corrected chi connectivity index (χ3v) is 12.7. The first-order valence-corrected chi connectivity index (χ1v) is 17.0. The Bertz CT molecular complexity index is 1480. The van der Waals surface area contributed by atoms with E-state index in [1.165, 1.54) is 38.2 Å². The Kier molecular flexibility index (Phi) is 11.9. The molecule has 0 saturated carbocycles. The van der Waals surface area contributed by atoms with Gasteiger partial charge in [0.2, 0.25) is 0 Å². The van der Waals surface area contributed by atoms with E-state index in [9.17, 15) is 4.79 Å². The van der Waals surface area contributed by atoms with Gasteiger partial charge >= 0.3 is 5.97 Å². The summed E-state index contributed by atoms with van der Waals surface area (Å²) in [5, 5.41) is 16.2. The molecular formula is C39H41ClNO2P. The number of carboxylic acids is 1. The number of aliphatic carboxylic acids is 1. The van der Waals surface area contributed by atoms with Gasteiger partial charge in [-0.3, -0.25) is 4.79 Å². The van der Waals surface area contributed by atoms with Crippen molar-refractivity contribution in [2.24, 2.45) is 5.92 Å². The van der Waals surface area contributed by atoms with Gasteiger partial charge in [-0.2, -0.15) is 0 Å². The van der Waals surface area contributed by atoms with E-state index >= 15 is 0 Å². The molecule has 0 aromatic heterocycles. The zero-order valence-corrected chi connectivity index (χ0v) is 27.1. The number of carboxylic acid groups (broad SMARTS) is 1. The van der Waals surface area contributed by atoms with Crippen molar-refractivity contribution < 1.29 is 22.3 Å². The van der Waals surface area contributed by atoms with Crippen LogP contribution in [0.3, 0.4) is 0 Å². The summed E-state index contributed by atoms with van der Waals surface area (Å²) in [5.41, 5.74) is 5.26. The zero-order chi connectivity index (χ0) is 30.1. The minimum atomic E-state index is -1.79. The van der Waals surface area contributed by atoms with Crippen LogP contribution in [-0.2, 0) is 17.4 Å². The molecule has 6 rings (SSSR count). The number of rotatable bonds is 8. The van der Waals surface area contributed by atoms with E-state index in [0.29, 0.717) is 5.92 Å². The average molecular weight is 622 g/mol. The van der Waals surface area contributed by atoms with Gasteiger partial charge in [0.05, 0.1) is 6.16 Å². The summed E-state index contributed by atoms with van der Waals surface area (Å²) in [4.78, 5) is 10.8. The van der Waals surface area contributed by atoms with E-state index in [1.54, 1.807) is 0 Å². The van der Waals surface area contributed by atoms with E-state index in [0.717, 1.165) is 25.5 Å². The van der Waals surface area contributed by atoms with Crippen molar-refractivity contribution in [3.05, 3.63) is 162 Å². The van der Waals surface area contributed by atoms with Crippen molar-refractivity contribution in [3.8, 4) is 0 Å². The number of benzene rings is 5. The second-order valence-corrected chi connectivity index (χ2v) is 15.0. The molecule has 0 radical (unpaired) electrons. The van der Waals surface area contributed by atoms with Gasteiger partial charge in [-0.15, -0.1) is 0 Å². The van der Waals surface area contributed by atoms with E-state index in [1.807, 2.05) is 0 Å². The Morgan fingerprint density at radius 1 is 0.659 bits per heavy atom. The van der Waals surface area contributed by atoms with Crippen LogP contribution < -0.4 is 33.6 Å². The molecule has 2 atom stereocenters. The summed E-state index contributed by atoms with van der Waals surface area (Å²) < 4.78 is 0. The van der Waals surface area contributed by atoms with Gasteiger partial charge in [-0.1, -0.05) is 114 Å². The van der Waals surface area contributed by atoms with Crippen molar-refractivity contribution in [2.45, 2.75) is 38.9 Å². The highest BCUT2D eigenvalue weighted by Crippen LogP contribution is 2.58. The first-order chi connectivity index (χ1) is 20.9. The molecule has 5 aromatic carbocycles. The average Bonchev–Trinajstić information content (AvgIpc) is 3.53. The summed E-state index contributed by atoms with van der Waals surface area (Å²) in [5.74, 6) is -0.282. The fourth-order valence-corrected chi connectivity index (χ4v) is 10.2. The van der Waals surface area contributed by atoms with E-state index in [2.05, 4.69) is 159 Å². The third kappa shape index (κ3) is 8.24. The Morgan fingerprint density at radius 3 is 1.45 bits per heavy atom. The van der Waals surface area contributed by atoms with Crippen LogP contribution >= 0.6 is 7.26 Å². The molecule has 0 amide bonds. The van der Waals surface area contributed by atoms with E-state index in [4.69, 9.17) is 5.11 Å². The fraction of sp³-hybridized carbons (Fsp3) is 0.205. The van der Waals surface area contributed by atoms with Crippen molar-refractivity contribution in [2.75, 3.05) is 6.54 Å². The van der Waals surface area contributed by atoms with Crippen molar-refractivity contribution in [1.29, 1.82) is 0 Å². The third-order valence-electron chi connectivity index (χ3n) is 8.30. The second kappa shape index (κ2) is 15.8. The number of halogens is 1. The predicted octanol–water partition coefficient (Wildman–Crippen LogP) is 4.09. The maximum atomic E-state index is 10.8. The number of hydrogen-bond acceptors (Lipinski definition) is 2. The summed E-state index contributed by atoms with van der Waals surface area (Å²) in [6, 6.07) is 50.4. The Morgan fingerprint density at radius 2 is 1.07 bits per heavy atom. The number of carbonyl (C=O) groups is 1. The largest absolute Gasteiger partial charge is 1.00 e. The summed E-state index contributed by atoms with van der Waals surface area (Å²) in [6.45, 7) is 5.03. The zero-order valence-electron chi connectivity index (χ0n) is 25.4. The van der Waals surface area contributed by atoms with Gasteiger partial charge in [0.25, 0.3) is 0 Å². The van der Waals surface area contributed by atoms with Gasteiger partial charge < -0.3 is 22.8 Å². The van der Waals surface area contributed by atoms with Gasteiger partial charge in [-0.05, 0) is 86.7 Å². The van der Waals surface area contributed by atoms with Gasteiger partial charge in [0, 0.05) is 0 Å². The fourth-order valence-electron chi connectivity index (χ4n) is 5.95. The molecular weight excluding hydrogens is 581 g/mol. The van der Waals surface area contributed by atoms with Crippen LogP contribution in [-0.4, -0.2) is 23.7 Å². The molecule has 0 spiro atoms. The van der Waals surface area contributed by atoms with Crippen LogP contribution in [0.15, 0.2) is 140 Å². The number of nitrogens with one attached hydrogen (secondary N) is 1. The highest BCUT2D eigenvalue weighted by molar-refractivity contribution is 7.95. The van der Waals surface area contributed by atoms with Crippen LogP contribution in [0, 0.1) is 19.8 Å². The summed E-state index contributed by atoms with van der Waals surface area (Å²) in [7, 11) is -1.79. The second-order valence-electron chi connectivity index (χ2n) is 11.6. The normalized spacial score (nSPS) is 15.9. The SMILES string of the molecule is Cc1ccc(C[C@@H]2CN[C@H](C(=O)O)C2)cc1.Cc1ccc(C[P+](c2ccccc2)(c2ccccc2)c2ccccc2)cc1.[Cl-]. The molecule has 1 aliphatic rings. The van der Waals surface area contributed by atoms with Crippen LogP contribution in [0.5, 0.6) is 0 Å². The Balaban J connectivity index is 0.000000223. The van der Waals surface area contributed by atoms with Crippen molar-refractivity contribution >= 4 is 29.1 Å². The first-order valence-electron chi connectivity index (χ1n) is 15.1. The predicted molar refractivity (Wildman–Crippen MR) is 182 cm³/mol. The quantitative estimate of drug-likeness (QED) is 0.257. The number of hydrogen-bond donors (Lipinski definition) is 2. The molecule has 2 N–H and O–H groups in total. The molecule has 44 heavy (non-hydrogen) atoms. The molecule has 1 fully saturated rings. The topological polar surface area (TPSA) is 49.3 Å². The maximum absolute atomic E-state index is 10.8. The van der Waals surface area contributed by atoms with E-state index in [-0.39, 0.29) is 18.4 Å². The molecule has 1 saturated heterocycles. The first kappa shape index (κ1) is 33.1. The molecule has 1 aliphatic heterocycles. The lowest BCUT2D eigenvalue weighted by molar-refractivity contribution is -0.139. The molecule has 0 bridgehead atoms. The van der Waals surface area contributed by atoms with Gasteiger partial charge in [0.15, 0.2) is 0 Å². The smallest absolute Gasteiger partial charge is 0.320 e. The Labute approximate surface area is 269 Å². The van der Waals surface area contributed by atoms with Crippen molar-refractivity contribution in [1.82, 2.24) is 5.32 Å².